The van der Waals surface area contributed by atoms with Gasteiger partial charge in [-0.2, -0.15) is 0 Å². The molecule has 0 N–H and O–H groups in total. The lowest BCUT2D eigenvalue weighted by Gasteiger charge is -2.24. The Labute approximate surface area is 217 Å². The highest BCUT2D eigenvalue weighted by Crippen LogP contribution is 2.45. The Kier molecular flexibility index (Phi) is 12.9. The van der Waals surface area contributed by atoms with Gasteiger partial charge in [0.05, 0.1) is 0 Å². The minimum atomic E-state index is 1.10. The summed E-state index contributed by atoms with van der Waals surface area (Å²) in [6.07, 6.45) is 9.16. The molecule has 33 heavy (non-hydrogen) atoms. The van der Waals surface area contributed by atoms with Gasteiger partial charge in [-0.1, -0.05) is 67.2 Å². The van der Waals surface area contributed by atoms with Crippen LogP contribution in [0.4, 0.5) is 0 Å². The van der Waals surface area contributed by atoms with Gasteiger partial charge in [0.25, 0.3) is 0 Å². The molecule has 0 fully saturated rings. The Balaban J connectivity index is 2.72. The lowest BCUT2D eigenvalue weighted by Crippen LogP contribution is -2.05. The zero-order valence-electron chi connectivity index (χ0n) is 22.5. The summed E-state index contributed by atoms with van der Waals surface area (Å²) in [6.45, 7) is 18.6. The second-order valence-corrected chi connectivity index (χ2v) is 11.9. The maximum atomic E-state index is 2.53. The van der Waals surface area contributed by atoms with E-state index in [1.165, 1.54) is 34.1 Å². The number of hydrogen-bond acceptors (Lipinski definition) is 3. The summed E-state index contributed by atoms with van der Waals surface area (Å²) in [4.78, 5) is 6.17. The molecule has 0 spiro atoms. The van der Waals surface area contributed by atoms with Crippen LogP contribution in [-0.2, 0) is 38.5 Å². The molecule has 2 aromatic carbocycles. The molecule has 0 aromatic heterocycles. The first kappa shape index (κ1) is 28.7. The number of benzene rings is 2. The second-order valence-electron chi connectivity index (χ2n) is 8.56. The minimum Gasteiger partial charge on any atom is -0.126 e. The SMILES string of the molecule is CCCSc1cc(CC)c(Sc2c(CC)cc(SCCC)c(CC)c2CC)c(CC)c1CC. The molecule has 0 aliphatic carbocycles. The average Bonchev–Trinajstić information content (AvgIpc) is 2.85. The van der Waals surface area contributed by atoms with Crippen LogP contribution >= 0.6 is 35.3 Å². The zero-order chi connectivity index (χ0) is 24.4. The Morgan fingerprint density at radius 2 is 0.848 bits per heavy atom. The quantitative estimate of drug-likeness (QED) is 0.236. The minimum absolute atomic E-state index is 1.10. The molecule has 0 bridgehead atoms. The fourth-order valence-corrected chi connectivity index (χ4v) is 8.50. The second kappa shape index (κ2) is 14.8. The number of aryl methyl sites for hydroxylation is 2. The van der Waals surface area contributed by atoms with Gasteiger partial charge in [0, 0.05) is 19.6 Å². The van der Waals surface area contributed by atoms with Crippen molar-refractivity contribution in [1.29, 1.82) is 0 Å². The predicted octanol–water partition coefficient (Wildman–Crippen LogP) is 10.2. The van der Waals surface area contributed by atoms with Crippen molar-refractivity contribution in [3.63, 3.8) is 0 Å². The van der Waals surface area contributed by atoms with Crippen molar-refractivity contribution >= 4 is 35.3 Å². The van der Waals surface area contributed by atoms with Crippen molar-refractivity contribution in [2.45, 2.75) is 126 Å². The molecule has 3 heteroatoms. The van der Waals surface area contributed by atoms with Crippen molar-refractivity contribution < 1.29 is 0 Å². The van der Waals surface area contributed by atoms with E-state index in [1.807, 2.05) is 0 Å². The largest absolute Gasteiger partial charge is 0.126 e. The number of rotatable bonds is 14. The lowest BCUT2D eigenvalue weighted by molar-refractivity contribution is 0.908. The monoisotopic (exact) mass is 502 g/mol. The van der Waals surface area contributed by atoms with E-state index in [0.717, 1.165) is 38.5 Å². The van der Waals surface area contributed by atoms with Crippen LogP contribution in [-0.4, -0.2) is 11.5 Å². The van der Waals surface area contributed by atoms with E-state index in [-0.39, 0.29) is 0 Å². The normalized spacial score (nSPS) is 11.4. The molecule has 0 radical (unpaired) electrons. The highest BCUT2D eigenvalue weighted by molar-refractivity contribution is 8.00. The van der Waals surface area contributed by atoms with Gasteiger partial charge in [0.1, 0.15) is 0 Å². The van der Waals surface area contributed by atoms with Crippen molar-refractivity contribution in [2.24, 2.45) is 0 Å². The average molecular weight is 503 g/mol. The zero-order valence-corrected chi connectivity index (χ0v) is 24.9. The summed E-state index contributed by atoms with van der Waals surface area (Å²) in [6, 6.07) is 5.06. The van der Waals surface area contributed by atoms with Crippen LogP contribution < -0.4 is 0 Å². The molecule has 0 saturated heterocycles. The van der Waals surface area contributed by atoms with Gasteiger partial charge < -0.3 is 0 Å². The summed E-state index contributed by atoms with van der Waals surface area (Å²) in [5.41, 5.74) is 9.48. The molecular formula is C30H46S3. The predicted molar refractivity (Wildman–Crippen MR) is 155 cm³/mol. The lowest BCUT2D eigenvalue weighted by atomic mass is 9.98. The van der Waals surface area contributed by atoms with E-state index in [1.54, 1.807) is 43.2 Å². The molecule has 2 rings (SSSR count). The summed E-state index contributed by atoms with van der Waals surface area (Å²) in [7, 11) is 0. The molecule has 0 unspecified atom stereocenters. The summed E-state index contributed by atoms with van der Waals surface area (Å²) >= 11 is 6.23. The van der Waals surface area contributed by atoms with E-state index in [4.69, 9.17) is 0 Å². The highest BCUT2D eigenvalue weighted by atomic mass is 32.2. The Morgan fingerprint density at radius 3 is 1.12 bits per heavy atom. The molecule has 2 aromatic rings. The van der Waals surface area contributed by atoms with Crippen molar-refractivity contribution in [3.05, 3.63) is 45.5 Å². The first-order valence-electron chi connectivity index (χ1n) is 13.3. The van der Waals surface area contributed by atoms with Crippen LogP contribution in [0.3, 0.4) is 0 Å². The molecule has 0 saturated carbocycles. The fourth-order valence-electron chi connectivity index (χ4n) is 4.67. The van der Waals surface area contributed by atoms with Gasteiger partial charge in [-0.05, 0) is 108 Å². The maximum Gasteiger partial charge on any atom is 0.0189 e. The Bertz CT molecular complexity index is 825. The topological polar surface area (TPSA) is 0 Å². The van der Waals surface area contributed by atoms with Crippen LogP contribution in [0.25, 0.3) is 0 Å². The molecule has 0 atom stereocenters. The van der Waals surface area contributed by atoms with Gasteiger partial charge in [0.15, 0.2) is 0 Å². The molecule has 0 nitrogen and oxygen atoms in total. The van der Waals surface area contributed by atoms with Gasteiger partial charge >= 0.3 is 0 Å². The maximum absolute atomic E-state index is 2.53. The van der Waals surface area contributed by atoms with Gasteiger partial charge in [-0.15, -0.1) is 23.5 Å². The third-order valence-corrected chi connectivity index (χ3v) is 10.4. The van der Waals surface area contributed by atoms with Crippen molar-refractivity contribution in [3.8, 4) is 0 Å². The molecular weight excluding hydrogens is 457 g/mol. The molecule has 0 heterocycles. The Hall–Kier alpha value is -0.510. The molecule has 0 aliphatic rings. The first-order valence-corrected chi connectivity index (χ1v) is 16.1. The third kappa shape index (κ3) is 6.79. The van der Waals surface area contributed by atoms with E-state index < -0.39 is 0 Å². The first-order chi connectivity index (χ1) is 16.0. The van der Waals surface area contributed by atoms with E-state index in [9.17, 15) is 0 Å². The highest BCUT2D eigenvalue weighted by Gasteiger charge is 2.21. The van der Waals surface area contributed by atoms with Crippen LogP contribution in [0.2, 0.25) is 0 Å². The summed E-state index contributed by atoms with van der Waals surface area (Å²) in [5, 5.41) is 0. The van der Waals surface area contributed by atoms with E-state index in [0.29, 0.717) is 0 Å². The van der Waals surface area contributed by atoms with Gasteiger partial charge in [-0.3, -0.25) is 0 Å². The third-order valence-electron chi connectivity index (χ3n) is 6.37. The fraction of sp³-hybridized carbons (Fsp3) is 0.600. The molecule has 0 amide bonds. The van der Waals surface area contributed by atoms with Gasteiger partial charge in [0.2, 0.25) is 0 Å². The molecule has 0 aliphatic heterocycles. The van der Waals surface area contributed by atoms with Crippen LogP contribution in [0, 0.1) is 0 Å². The molecule has 184 valence electrons. The van der Waals surface area contributed by atoms with E-state index >= 15 is 0 Å². The number of hydrogen-bond donors (Lipinski definition) is 0. The van der Waals surface area contributed by atoms with Crippen LogP contribution in [0.1, 0.15) is 102 Å². The summed E-state index contributed by atoms with van der Waals surface area (Å²) in [5.74, 6) is 2.42. The smallest absolute Gasteiger partial charge is 0.0189 e. The number of thioether (sulfide) groups is 2. The Morgan fingerprint density at radius 1 is 0.485 bits per heavy atom. The van der Waals surface area contributed by atoms with Gasteiger partial charge in [-0.25, -0.2) is 0 Å². The van der Waals surface area contributed by atoms with Crippen molar-refractivity contribution in [1.82, 2.24) is 0 Å². The van der Waals surface area contributed by atoms with Crippen molar-refractivity contribution in [2.75, 3.05) is 11.5 Å². The van der Waals surface area contributed by atoms with E-state index in [2.05, 4.69) is 103 Å². The van der Waals surface area contributed by atoms with Crippen LogP contribution in [0.15, 0.2) is 31.7 Å². The summed E-state index contributed by atoms with van der Waals surface area (Å²) < 4.78 is 0. The van der Waals surface area contributed by atoms with Crippen LogP contribution in [0.5, 0.6) is 0 Å². The standard InChI is InChI=1S/C30H46S3/c1-9-17-31-27-19-21(11-3)29(25(15-7)23(27)13-5)33-30-22(12-4)20-28(32-18-10-2)24(14-6)26(30)16-8/h19-20H,9-18H2,1-8H3.